The van der Waals surface area contributed by atoms with Crippen LogP contribution in [0.1, 0.15) is 43.9 Å². The Morgan fingerprint density at radius 3 is 2.52 bits per heavy atom. The van der Waals surface area contributed by atoms with Crippen LogP contribution in [0.3, 0.4) is 0 Å². The highest BCUT2D eigenvalue weighted by atomic mass is 32.1. The van der Waals surface area contributed by atoms with Crippen LogP contribution in [0.25, 0.3) is 0 Å². The molecule has 3 N–H and O–H groups in total. The molecular formula is C16H26N2O4S. The number of aliphatic carboxylic acids is 1. The number of alkyl carbamates (subject to hydrolysis) is 1. The van der Waals surface area contributed by atoms with Crippen LogP contribution in [0.15, 0.2) is 12.1 Å². The molecule has 130 valence electrons. The van der Waals surface area contributed by atoms with E-state index in [1.807, 2.05) is 39.8 Å². The smallest absolute Gasteiger partial charge is 0.407 e. The van der Waals surface area contributed by atoms with Crippen molar-refractivity contribution in [3.8, 4) is 0 Å². The van der Waals surface area contributed by atoms with Gasteiger partial charge < -0.3 is 20.5 Å². The molecule has 1 aromatic rings. The van der Waals surface area contributed by atoms with Crippen LogP contribution in [0.5, 0.6) is 0 Å². The summed E-state index contributed by atoms with van der Waals surface area (Å²) in [6.07, 6.45) is 0.503. The van der Waals surface area contributed by atoms with Crippen molar-refractivity contribution >= 4 is 23.4 Å². The van der Waals surface area contributed by atoms with E-state index in [1.54, 1.807) is 0 Å². The summed E-state index contributed by atoms with van der Waals surface area (Å²) in [6, 6.07) is 3.91. The van der Waals surface area contributed by atoms with Crippen LogP contribution >= 0.6 is 11.3 Å². The van der Waals surface area contributed by atoms with Crippen LogP contribution in [-0.4, -0.2) is 35.4 Å². The molecule has 1 rings (SSSR count). The number of carbonyl (C=O) groups excluding carboxylic acids is 1. The maximum Gasteiger partial charge on any atom is 0.407 e. The second-order valence-corrected chi connectivity index (χ2v) is 7.56. The molecule has 0 aliphatic carbocycles. The van der Waals surface area contributed by atoms with Gasteiger partial charge in [-0.1, -0.05) is 6.92 Å². The van der Waals surface area contributed by atoms with Crippen LogP contribution in [0, 0.1) is 0 Å². The van der Waals surface area contributed by atoms with Gasteiger partial charge in [-0.2, -0.15) is 0 Å². The number of carboxylic acid groups (broad SMARTS) is 1. The lowest BCUT2D eigenvalue weighted by Gasteiger charge is -2.22. The molecule has 1 aromatic heterocycles. The molecule has 1 heterocycles. The Morgan fingerprint density at radius 2 is 1.96 bits per heavy atom. The van der Waals surface area contributed by atoms with Gasteiger partial charge in [-0.05, 0) is 39.3 Å². The molecule has 0 saturated heterocycles. The molecule has 1 unspecified atom stereocenters. The Hall–Kier alpha value is -1.60. The summed E-state index contributed by atoms with van der Waals surface area (Å²) in [5, 5.41) is 14.9. The summed E-state index contributed by atoms with van der Waals surface area (Å²) in [5.74, 6) is -0.820. The maximum absolute atomic E-state index is 11.6. The van der Waals surface area contributed by atoms with Crippen molar-refractivity contribution in [3.63, 3.8) is 0 Å². The molecule has 0 aliphatic rings. The highest BCUT2D eigenvalue weighted by molar-refractivity contribution is 7.12. The molecule has 0 radical (unpaired) electrons. The van der Waals surface area contributed by atoms with E-state index < -0.39 is 17.7 Å². The highest BCUT2D eigenvalue weighted by Gasteiger charge is 2.17. The van der Waals surface area contributed by atoms with Gasteiger partial charge in [0.25, 0.3) is 0 Å². The Morgan fingerprint density at radius 1 is 1.30 bits per heavy atom. The van der Waals surface area contributed by atoms with Crippen LogP contribution in [0.4, 0.5) is 4.79 Å². The van der Waals surface area contributed by atoms with Gasteiger partial charge >= 0.3 is 12.1 Å². The van der Waals surface area contributed by atoms with Crippen molar-refractivity contribution in [3.05, 3.63) is 21.9 Å². The van der Waals surface area contributed by atoms with E-state index in [0.717, 1.165) is 16.2 Å². The largest absolute Gasteiger partial charge is 0.481 e. The van der Waals surface area contributed by atoms with Crippen molar-refractivity contribution < 1.29 is 19.4 Å². The summed E-state index contributed by atoms with van der Waals surface area (Å²) < 4.78 is 5.20. The molecule has 0 saturated carbocycles. The van der Waals surface area contributed by atoms with E-state index in [9.17, 15) is 9.59 Å². The minimum absolute atomic E-state index is 0.0576. The van der Waals surface area contributed by atoms with Gasteiger partial charge in [0, 0.05) is 28.9 Å². The Labute approximate surface area is 141 Å². The van der Waals surface area contributed by atoms with Gasteiger partial charge in [-0.25, -0.2) is 4.79 Å². The molecule has 0 bridgehead atoms. The van der Waals surface area contributed by atoms with Gasteiger partial charge in [-0.15, -0.1) is 11.3 Å². The lowest BCUT2D eigenvalue weighted by molar-refractivity contribution is -0.136. The number of nitrogens with one attached hydrogen (secondary N) is 2. The number of thiophene rings is 1. The predicted molar refractivity (Wildman–Crippen MR) is 90.8 cm³/mol. The molecular weight excluding hydrogens is 316 g/mol. The second-order valence-electron chi connectivity index (χ2n) is 6.31. The van der Waals surface area contributed by atoms with Crippen molar-refractivity contribution in [2.75, 3.05) is 6.54 Å². The number of amides is 1. The average Bonchev–Trinajstić information content (AvgIpc) is 2.83. The zero-order chi connectivity index (χ0) is 17.5. The summed E-state index contributed by atoms with van der Waals surface area (Å²) in [7, 11) is 0. The predicted octanol–water partition coefficient (Wildman–Crippen LogP) is 2.77. The van der Waals surface area contributed by atoms with Crippen molar-refractivity contribution in [2.45, 2.75) is 58.7 Å². The van der Waals surface area contributed by atoms with Crippen LogP contribution in [0.2, 0.25) is 0 Å². The number of ether oxygens (including phenoxy) is 1. The molecule has 1 amide bonds. The fraction of sp³-hybridized carbons (Fsp3) is 0.625. The van der Waals surface area contributed by atoms with Gasteiger partial charge in [0.1, 0.15) is 5.60 Å². The first kappa shape index (κ1) is 19.4. The molecule has 0 spiro atoms. The summed E-state index contributed by atoms with van der Waals surface area (Å²) in [4.78, 5) is 24.2. The highest BCUT2D eigenvalue weighted by Crippen LogP contribution is 2.17. The first-order valence-corrected chi connectivity index (χ1v) is 8.51. The summed E-state index contributed by atoms with van der Waals surface area (Å²) in [6.45, 7) is 8.66. The zero-order valence-electron chi connectivity index (χ0n) is 14.1. The summed E-state index contributed by atoms with van der Waals surface area (Å²) in [5.41, 5.74) is -0.503. The van der Waals surface area contributed by atoms with Gasteiger partial charge in [-0.3, -0.25) is 4.79 Å². The Kier molecular flexibility index (Phi) is 7.51. The molecule has 1 atom stereocenters. The monoisotopic (exact) mass is 342 g/mol. The van der Waals surface area contributed by atoms with Crippen LogP contribution < -0.4 is 10.6 Å². The fourth-order valence-corrected chi connectivity index (χ4v) is 2.85. The third-order valence-corrected chi connectivity index (χ3v) is 4.08. The topological polar surface area (TPSA) is 87.7 Å². The quantitative estimate of drug-likeness (QED) is 0.676. The Bertz CT molecular complexity index is 522. The molecule has 0 aliphatic heterocycles. The van der Waals surface area contributed by atoms with E-state index >= 15 is 0 Å². The first-order valence-electron chi connectivity index (χ1n) is 7.69. The second kappa shape index (κ2) is 8.88. The number of hydrogen-bond donors (Lipinski definition) is 3. The zero-order valence-corrected chi connectivity index (χ0v) is 15.0. The van der Waals surface area contributed by atoms with E-state index in [1.165, 1.54) is 11.3 Å². The van der Waals surface area contributed by atoms with Crippen molar-refractivity contribution in [1.82, 2.24) is 10.6 Å². The van der Waals surface area contributed by atoms with Gasteiger partial charge in [0.15, 0.2) is 0 Å². The summed E-state index contributed by atoms with van der Waals surface area (Å²) >= 11 is 1.49. The third kappa shape index (κ3) is 8.56. The fourth-order valence-electron chi connectivity index (χ4n) is 1.89. The van der Waals surface area contributed by atoms with Crippen molar-refractivity contribution in [1.29, 1.82) is 0 Å². The molecule has 0 aromatic carbocycles. The maximum atomic E-state index is 11.6. The number of rotatable bonds is 8. The van der Waals surface area contributed by atoms with Crippen molar-refractivity contribution in [2.24, 2.45) is 0 Å². The lowest BCUT2D eigenvalue weighted by Crippen LogP contribution is -2.42. The van der Waals surface area contributed by atoms with E-state index in [-0.39, 0.29) is 12.5 Å². The molecule has 23 heavy (non-hydrogen) atoms. The van der Waals surface area contributed by atoms with E-state index in [2.05, 4.69) is 10.6 Å². The van der Waals surface area contributed by atoms with Crippen LogP contribution in [-0.2, 0) is 22.5 Å². The standard InChI is InChI=1S/C16H26N2O4S/c1-5-11(9-18-15(21)22-16(2,3)4)17-10-13-7-6-12(23-13)8-14(19)20/h6-7,11,17H,5,8-10H2,1-4H3,(H,18,21)(H,19,20). The minimum Gasteiger partial charge on any atom is -0.481 e. The minimum atomic E-state index is -0.820. The number of hydrogen-bond acceptors (Lipinski definition) is 5. The van der Waals surface area contributed by atoms with E-state index in [4.69, 9.17) is 9.84 Å². The molecule has 7 heteroatoms. The third-order valence-electron chi connectivity index (χ3n) is 2.99. The Balaban J connectivity index is 2.37. The first-order chi connectivity index (χ1) is 10.7. The van der Waals surface area contributed by atoms with Gasteiger partial charge in [0.05, 0.1) is 6.42 Å². The molecule has 0 fully saturated rings. The lowest BCUT2D eigenvalue weighted by atomic mass is 10.2. The number of carboxylic acids is 1. The average molecular weight is 342 g/mol. The van der Waals surface area contributed by atoms with Gasteiger partial charge in [0.2, 0.25) is 0 Å². The molecule has 6 nitrogen and oxygen atoms in total. The SMILES string of the molecule is CCC(CNC(=O)OC(C)(C)C)NCc1ccc(CC(=O)O)s1. The normalized spacial score (nSPS) is 12.7. The van der Waals surface area contributed by atoms with E-state index in [0.29, 0.717) is 13.1 Å². The number of carbonyl (C=O) groups is 2.